The molecule has 25 heavy (non-hydrogen) atoms. The van der Waals surface area contributed by atoms with Crippen LogP contribution in [0.5, 0.6) is 5.75 Å². The van der Waals surface area contributed by atoms with E-state index in [4.69, 9.17) is 9.47 Å². The molecule has 0 saturated carbocycles. The van der Waals surface area contributed by atoms with Gasteiger partial charge >= 0.3 is 5.97 Å². The second kappa shape index (κ2) is 7.66. The van der Waals surface area contributed by atoms with E-state index in [0.717, 1.165) is 23.2 Å². The summed E-state index contributed by atoms with van der Waals surface area (Å²) in [5.74, 6) is -0.0601. The van der Waals surface area contributed by atoms with Gasteiger partial charge in [0.15, 0.2) is 6.61 Å². The van der Waals surface area contributed by atoms with Crippen LogP contribution in [0, 0.1) is 0 Å². The van der Waals surface area contributed by atoms with Gasteiger partial charge in [-0.05, 0) is 41.8 Å². The van der Waals surface area contributed by atoms with Crippen molar-refractivity contribution in [3.63, 3.8) is 0 Å². The van der Waals surface area contributed by atoms with Crippen LogP contribution in [-0.2, 0) is 20.7 Å². The van der Waals surface area contributed by atoms with Crippen LogP contribution in [0.15, 0.2) is 54.6 Å². The Morgan fingerprint density at radius 1 is 1.16 bits per heavy atom. The number of methoxy groups -OCH3 is 1. The van der Waals surface area contributed by atoms with Crippen molar-refractivity contribution in [1.29, 1.82) is 0 Å². The molecule has 5 nitrogen and oxygen atoms in total. The van der Waals surface area contributed by atoms with Crippen LogP contribution in [0.25, 0.3) is 6.08 Å². The molecule has 0 saturated heterocycles. The van der Waals surface area contributed by atoms with Crippen molar-refractivity contribution in [2.24, 2.45) is 0 Å². The SMILES string of the molecule is COc1cccc(/C=C/C(=O)OCC(=O)N2CCc3ccccc32)c1. The van der Waals surface area contributed by atoms with Crippen molar-refractivity contribution >= 4 is 23.6 Å². The number of fused-ring (bicyclic) bond motifs is 1. The van der Waals surface area contributed by atoms with Gasteiger partial charge in [0.2, 0.25) is 0 Å². The fourth-order valence-electron chi connectivity index (χ4n) is 2.77. The molecule has 0 bridgehead atoms. The number of hydrogen-bond acceptors (Lipinski definition) is 4. The summed E-state index contributed by atoms with van der Waals surface area (Å²) in [4.78, 5) is 25.8. The number of para-hydroxylation sites is 1. The molecule has 0 spiro atoms. The summed E-state index contributed by atoms with van der Waals surface area (Å²) in [6.45, 7) is 0.352. The smallest absolute Gasteiger partial charge is 0.331 e. The number of hydrogen-bond donors (Lipinski definition) is 0. The number of esters is 1. The Hall–Kier alpha value is -3.08. The Labute approximate surface area is 146 Å². The molecule has 1 aliphatic heterocycles. The van der Waals surface area contributed by atoms with E-state index in [9.17, 15) is 9.59 Å². The molecule has 0 radical (unpaired) electrons. The highest BCUT2D eigenvalue weighted by Gasteiger charge is 2.24. The lowest BCUT2D eigenvalue weighted by molar-refractivity contribution is -0.142. The number of anilines is 1. The van der Waals surface area contributed by atoms with Gasteiger partial charge in [-0.15, -0.1) is 0 Å². The summed E-state index contributed by atoms with van der Waals surface area (Å²) in [6.07, 6.45) is 3.76. The van der Waals surface area contributed by atoms with Gasteiger partial charge in [-0.3, -0.25) is 4.79 Å². The maximum Gasteiger partial charge on any atom is 0.331 e. The van der Waals surface area contributed by atoms with Crippen molar-refractivity contribution < 1.29 is 19.1 Å². The highest BCUT2D eigenvalue weighted by atomic mass is 16.5. The zero-order valence-corrected chi connectivity index (χ0v) is 14.0. The van der Waals surface area contributed by atoms with Gasteiger partial charge < -0.3 is 14.4 Å². The molecular formula is C20H19NO4. The average Bonchev–Trinajstić information content (AvgIpc) is 3.09. The second-order valence-corrected chi connectivity index (χ2v) is 5.64. The Kier molecular flexibility index (Phi) is 5.14. The van der Waals surface area contributed by atoms with E-state index in [1.807, 2.05) is 42.5 Å². The first-order chi connectivity index (χ1) is 12.2. The normalized spacial score (nSPS) is 12.9. The zero-order chi connectivity index (χ0) is 17.6. The Bertz CT molecular complexity index is 813. The van der Waals surface area contributed by atoms with E-state index in [2.05, 4.69) is 0 Å². The molecule has 0 unspecified atom stereocenters. The summed E-state index contributed by atoms with van der Waals surface area (Å²) in [6, 6.07) is 15.1. The standard InChI is InChI=1S/C20H19NO4/c1-24-17-7-4-5-15(13-17)9-10-20(23)25-14-19(22)21-12-11-16-6-2-3-8-18(16)21/h2-10,13H,11-12,14H2,1H3/b10-9+. The molecule has 1 heterocycles. The van der Waals surface area contributed by atoms with Gasteiger partial charge in [0.25, 0.3) is 5.91 Å². The van der Waals surface area contributed by atoms with E-state index < -0.39 is 5.97 Å². The molecule has 0 N–H and O–H groups in total. The zero-order valence-electron chi connectivity index (χ0n) is 14.0. The number of amides is 1. The van der Waals surface area contributed by atoms with Crippen molar-refractivity contribution in [2.45, 2.75) is 6.42 Å². The van der Waals surface area contributed by atoms with Gasteiger partial charge in [-0.1, -0.05) is 30.3 Å². The highest BCUT2D eigenvalue weighted by Crippen LogP contribution is 2.27. The van der Waals surface area contributed by atoms with Gasteiger partial charge in [0.05, 0.1) is 7.11 Å². The molecule has 2 aromatic rings. The van der Waals surface area contributed by atoms with Gasteiger partial charge in [0, 0.05) is 18.3 Å². The number of nitrogens with zero attached hydrogens (tertiary/aromatic N) is 1. The fraction of sp³-hybridized carbons (Fsp3) is 0.200. The van der Waals surface area contributed by atoms with Crippen LogP contribution < -0.4 is 9.64 Å². The minimum absolute atomic E-state index is 0.215. The molecule has 0 aliphatic carbocycles. The minimum atomic E-state index is -0.552. The van der Waals surface area contributed by atoms with Crippen LogP contribution in [0.4, 0.5) is 5.69 Å². The minimum Gasteiger partial charge on any atom is -0.497 e. The fourth-order valence-corrected chi connectivity index (χ4v) is 2.77. The molecule has 3 rings (SSSR count). The lowest BCUT2D eigenvalue weighted by Crippen LogP contribution is -2.33. The average molecular weight is 337 g/mol. The Morgan fingerprint density at radius 2 is 2.00 bits per heavy atom. The van der Waals surface area contributed by atoms with Crippen molar-refractivity contribution in [2.75, 3.05) is 25.2 Å². The molecular weight excluding hydrogens is 318 g/mol. The van der Waals surface area contributed by atoms with Gasteiger partial charge in [0.1, 0.15) is 5.75 Å². The third kappa shape index (κ3) is 4.07. The lowest BCUT2D eigenvalue weighted by atomic mass is 10.2. The molecule has 5 heteroatoms. The van der Waals surface area contributed by atoms with Gasteiger partial charge in [-0.25, -0.2) is 4.79 Å². The Balaban J connectivity index is 1.54. The van der Waals surface area contributed by atoms with Crippen LogP contribution >= 0.6 is 0 Å². The predicted molar refractivity (Wildman–Crippen MR) is 95.5 cm³/mol. The quantitative estimate of drug-likeness (QED) is 0.622. The maximum absolute atomic E-state index is 12.3. The van der Waals surface area contributed by atoms with Crippen molar-refractivity contribution in [3.05, 3.63) is 65.7 Å². The molecule has 0 atom stereocenters. The van der Waals surface area contributed by atoms with Crippen molar-refractivity contribution in [3.8, 4) is 5.75 Å². The van der Waals surface area contributed by atoms with E-state index in [-0.39, 0.29) is 12.5 Å². The summed E-state index contributed by atoms with van der Waals surface area (Å²) in [7, 11) is 1.58. The maximum atomic E-state index is 12.3. The summed E-state index contributed by atoms with van der Waals surface area (Å²) >= 11 is 0. The first kappa shape index (κ1) is 16.8. The molecule has 2 aromatic carbocycles. The van der Waals surface area contributed by atoms with E-state index >= 15 is 0 Å². The Morgan fingerprint density at radius 3 is 2.84 bits per heavy atom. The number of carbonyl (C=O) groups is 2. The molecule has 0 fully saturated rings. The summed E-state index contributed by atoms with van der Waals surface area (Å²) in [5, 5.41) is 0. The topological polar surface area (TPSA) is 55.8 Å². The monoisotopic (exact) mass is 337 g/mol. The molecule has 1 aliphatic rings. The number of carbonyl (C=O) groups excluding carboxylic acids is 2. The van der Waals surface area contributed by atoms with E-state index in [0.29, 0.717) is 12.3 Å². The van der Waals surface area contributed by atoms with Crippen LogP contribution in [0.2, 0.25) is 0 Å². The van der Waals surface area contributed by atoms with Crippen molar-refractivity contribution in [1.82, 2.24) is 0 Å². The van der Waals surface area contributed by atoms with Crippen LogP contribution in [0.3, 0.4) is 0 Å². The first-order valence-corrected chi connectivity index (χ1v) is 8.04. The van der Waals surface area contributed by atoms with Crippen LogP contribution in [0.1, 0.15) is 11.1 Å². The third-order valence-electron chi connectivity index (χ3n) is 4.03. The van der Waals surface area contributed by atoms with E-state index in [1.165, 1.54) is 6.08 Å². The van der Waals surface area contributed by atoms with E-state index in [1.54, 1.807) is 24.2 Å². The van der Waals surface area contributed by atoms with Gasteiger partial charge in [-0.2, -0.15) is 0 Å². The summed E-state index contributed by atoms with van der Waals surface area (Å²) in [5.41, 5.74) is 2.85. The van der Waals surface area contributed by atoms with Crippen LogP contribution in [-0.4, -0.2) is 32.1 Å². The number of rotatable bonds is 5. The number of ether oxygens (including phenoxy) is 2. The largest absolute Gasteiger partial charge is 0.497 e. The number of benzene rings is 2. The molecule has 128 valence electrons. The molecule has 1 amide bonds. The first-order valence-electron chi connectivity index (χ1n) is 8.04. The summed E-state index contributed by atoms with van der Waals surface area (Å²) < 4.78 is 10.2. The third-order valence-corrected chi connectivity index (χ3v) is 4.03. The lowest BCUT2D eigenvalue weighted by Gasteiger charge is -2.16. The molecule has 0 aromatic heterocycles. The highest BCUT2D eigenvalue weighted by molar-refractivity contribution is 5.98. The predicted octanol–water partition coefficient (Wildman–Crippen LogP) is 2.84. The second-order valence-electron chi connectivity index (χ2n) is 5.64.